The summed E-state index contributed by atoms with van der Waals surface area (Å²) in [5, 5.41) is 3.39. The van der Waals surface area contributed by atoms with Gasteiger partial charge in [-0.25, -0.2) is 0 Å². The smallest absolute Gasteiger partial charge is 0.327 e. The minimum absolute atomic E-state index is 0.142. The molecule has 21 heavy (non-hydrogen) atoms. The number of carbonyl (C=O) groups excluding carboxylic acids is 1. The van der Waals surface area contributed by atoms with E-state index in [0.29, 0.717) is 5.41 Å². The van der Waals surface area contributed by atoms with Gasteiger partial charge >= 0.3 is 5.97 Å². The summed E-state index contributed by atoms with van der Waals surface area (Å²) in [6.07, 6.45) is 9.30. The summed E-state index contributed by atoms with van der Waals surface area (Å²) in [5.41, 5.74) is 0.0555. The number of esters is 1. The average molecular weight is 296 g/mol. The number of rotatable bonds is 6. The second-order valence-corrected chi connectivity index (χ2v) is 7.23. The zero-order valence-electron chi connectivity index (χ0n) is 14.0. The molecule has 1 saturated carbocycles. The Morgan fingerprint density at radius 2 is 1.86 bits per heavy atom. The van der Waals surface area contributed by atoms with E-state index < -0.39 is 5.54 Å². The molecule has 1 heterocycles. The summed E-state index contributed by atoms with van der Waals surface area (Å²) >= 11 is 0. The van der Waals surface area contributed by atoms with Crippen LogP contribution in [0.3, 0.4) is 0 Å². The average Bonchev–Trinajstić information content (AvgIpc) is 2.95. The van der Waals surface area contributed by atoms with Gasteiger partial charge < -0.3 is 15.0 Å². The summed E-state index contributed by atoms with van der Waals surface area (Å²) in [5.74, 6) is -0.142. The number of ether oxygens (including phenoxy) is 1. The Morgan fingerprint density at radius 3 is 2.38 bits per heavy atom. The van der Waals surface area contributed by atoms with Crippen LogP contribution >= 0.6 is 0 Å². The van der Waals surface area contributed by atoms with Crippen molar-refractivity contribution in [3.05, 3.63) is 0 Å². The van der Waals surface area contributed by atoms with Crippen molar-refractivity contribution in [2.24, 2.45) is 5.41 Å². The zero-order valence-corrected chi connectivity index (χ0v) is 14.0. The van der Waals surface area contributed by atoms with E-state index >= 15 is 0 Å². The summed E-state index contributed by atoms with van der Waals surface area (Å²) in [7, 11) is 1.48. The lowest BCUT2D eigenvalue weighted by atomic mass is 9.77. The van der Waals surface area contributed by atoms with Gasteiger partial charge in [-0.05, 0) is 64.1 Å². The topological polar surface area (TPSA) is 41.6 Å². The number of piperidine rings is 1. The summed E-state index contributed by atoms with van der Waals surface area (Å²) in [4.78, 5) is 14.6. The molecular formula is C17H32N2O2. The van der Waals surface area contributed by atoms with Gasteiger partial charge in [-0.3, -0.25) is 4.79 Å². The van der Waals surface area contributed by atoms with Crippen molar-refractivity contribution in [3.63, 3.8) is 0 Å². The van der Waals surface area contributed by atoms with Gasteiger partial charge in [0.1, 0.15) is 5.54 Å². The van der Waals surface area contributed by atoms with Crippen molar-refractivity contribution in [2.75, 3.05) is 33.3 Å². The first-order valence-electron chi connectivity index (χ1n) is 8.59. The summed E-state index contributed by atoms with van der Waals surface area (Å²) < 4.78 is 5.02. The highest BCUT2D eigenvalue weighted by molar-refractivity contribution is 5.80. The molecule has 1 aliphatic carbocycles. The molecule has 2 fully saturated rings. The van der Waals surface area contributed by atoms with Crippen molar-refractivity contribution in [1.29, 1.82) is 0 Å². The fourth-order valence-corrected chi connectivity index (χ4v) is 4.08. The highest BCUT2D eigenvalue weighted by Crippen LogP contribution is 2.46. The maximum atomic E-state index is 12.2. The predicted octanol–water partition coefficient (Wildman–Crippen LogP) is 2.57. The maximum absolute atomic E-state index is 12.2. The third-order valence-corrected chi connectivity index (χ3v) is 5.52. The van der Waals surface area contributed by atoms with Gasteiger partial charge in [0.25, 0.3) is 0 Å². The van der Waals surface area contributed by atoms with Crippen LogP contribution in [0.4, 0.5) is 0 Å². The number of carbonyl (C=O) groups is 1. The minimum atomic E-state index is -0.578. The molecule has 0 radical (unpaired) electrons. The third-order valence-electron chi connectivity index (χ3n) is 5.52. The van der Waals surface area contributed by atoms with Gasteiger partial charge in [0.05, 0.1) is 7.11 Å². The van der Waals surface area contributed by atoms with Crippen molar-refractivity contribution in [3.8, 4) is 0 Å². The first-order chi connectivity index (χ1) is 10.0. The molecule has 0 aromatic heterocycles. The van der Waals surface area contributed by atoms with Crippen LogP contribution in [0.15, 0.2) is 0 Å². The van der Waals surface area contributed by atoms with E-state index in [1.165, 1.54) is 45.6 Å². The largest absolute Gasteiger partial charge is 0.468 e. The summed E-state index contributed by atoms with van der Waals surface area (Å²) in [6.45, 7) is 7.96. The van der Waals surface area contributed by atoms with Crippen molar-refractivity contribution in [1.82, 2.24) is 10.2 Å². The lowest BCUT2D eigenvalue weighted by Crippen LogP contribution is -2.58. The fraction of sp³-hybridized carbons (Fsp3) is 0.941. The molecule has 122 valence electrons. The second-order valence-electron chi connectivity index (χ2n) is 7.23. The molecule has 4 nitrogen and oxygen atoms in total. The number of methoxy groups -OCH3 is 1. The highest BCUT2D eigenvalue weighted by Gasteiger charge is 2.40. The van der Waals surface area contributed by atoms with Crippen LogP contribution in [0.2, 0.25) is 0 Å². The SMILES string of the molecule is CCCNC(C)(CN1CCC2(CCCC2)CC1)C(=O)OC. The van der Waals surface area contributed by atoms with Crippen LogP contribution < -0.4 is 5.32 Å². The van der Waals surface area contributed by atoms with E-state index in [1.807, 2.05) is 6.92 Å². The molecule has 1 aliphatic heterocycles. The van der Waals surface area contributed by atoms with Crippen LogP contribution in [-0.2, 0) is 9.53 Å². The van der Waals surface area contributed by atoms with E-state index in [-0.39, 0.29) is 5.97 Å². The number of nitrogens with zero attached hydrogens (tertiary/aromatic N) is 1. The Hall–Kier alpha value is -0.610. The van der Waals surface area contributed by atoms with Crippen molar-refractivity contribution < 1.29 is 9.53 Å². The molecule has 1 spiro atoms. The second kappa shape index (κ2) is 7.10. The Balaban J connectivity index is 1.90. The van der Waals surface area contributed by atoms with Gasteiger partial charge in [0, 0.05) is 6.54 Å². The van der Waals surface area contributed by atoms with Gasteiger partial charge in [-0.2, -0.15) is 0 Å². The van der Waals surface area contributed by atoms with E-state index in [1.54, 1.807) is 0 Å². The van der Waals surface area contributed by atoms with Gasteiger partial charge in [-0.1, -0.05) is 19.8 Å². The Bertz CT molecular complexity index is 343. The lowest BCUT2D eigenvalue weighted by Gasteiger charge is -2.42. The molecule has 2 rings (SSSR count). The summed E-state index contributed by atoms with van der Waals surface area (Å²) in [6, 6.07) is 0. The molecule has 1 unspecified atom stereocenters. The van der Waals surface area contributed by atoms with E-state index in [2.05, 4.69) is 17.1 Å². The van der Waals surface area contributed by atoms with Gasteiger partial charge in [-0.15, -0.1) is 0 Å². The molecule has 0 aromatic carbocycles. The van der Waals surface area contributed by atoms with Crippen LogP contribution in [-0.4, -0.2) is 49.7 Å². The highest BCUT2D eigenvalue weighted by atomic mass is 16.5. The monoisotopic (exact) mass is 296 g/mol. The molecule has 0 bridgehead atoms. The van der Waals surface area contributed by atoms with Crippen LogP contribution in [0.1, 0.15) is 58.8 Å². The molecule has 1 atom stereocenters. The molecule has 1 N–H and O–H groups in total. The molecular weight excluding hydrogens is 264 g/mol. The Morgan fingerprint density at radius 1 is 1.24 bits per heavy atom. The molecule has 2 aliphatic rings. The predicted molar refractivity (Wildman–Crippen MR) is 85.3 cm³/mol. The van der Waals surface area contributed by atoms with Gasteiger partial charge in [0.15, 0.2) is 0 Å². The Kier molecular flexibility index (Phi) is 5.67. The number of hydrogen-bond acceptors (Lipinski definition) is 4. The first-order valence-corrected chi connectivity index (χ1v) is 8.59. The normalized spacial score (nSPS) is 24.9. The van der Waals surface area contributed by atoms with E-state index in [4.69, 9.17) is 4.74 Å². The van der Waals surface area contributed by atoms with Crippen molar-refractivity contribution in [2.45, 2.75) is 64.3 Å². The van der Waals surface area contributed by atoms with E-state index in [9.17, 15) is 4.79 Å². The number of likely N-dealkylation sites (tertiary alicyclic amines) is 1. The number of hydrogen-bond donors (Lipinski definition) is 1. The molecule has 0 aromatic rings. The molecule has 4 heteroatoms. The minimum Gasteiger partial charge on any atom is -0.468 e. The van der Waals surface area contributed by atoms with E-state index in [0.717, 1.165) is 32.6 Å². The van der Waals surface area contributed by atoms with Crippen LogP contribution in [0.25, 0.3) is 0 Å². The third kappa shape index (κ3) is 3.98. The van der Waals surface area contributed by atoms with Crippen LogP contribution in [0, 0.1) is 5.41 Å². The zero-order chi connectivity index (χ0) is 15.3. The van der Waals surface area contributed by atoms with Crippen LogP contribution in [0.5, 0.6) is 0 Å². The molecule has 0 amide bonds. The fourth-order valence-electron chi connectivity index (χ4n) is 4.08. The maximum Gasteiger partial charge on any atom is 0.327 e. The quantitative estimate of drug-likeness (QED) is 0.765. The first kappa shape index (κ1) is 16.8. The molecule has 1 saturated heterocycles. The Labute approximate surface area is 129 Å². The lowest BCUT2D eigenvalue weighted by molar-refractivity contribution is -0.149. The van der Waals surface area contributed by atoms with Gasteiger partial charge in [0.2, 0.25) is 0 Å². The standard InChI is InChI=1S/C17H32N2O2/c1-4-11-18-16(2,15(20)21-3)14-19-12-9-17(10-13-19)7-5-6-8-17/h18H,4-14H2,1-3H3. The van der Waals surface area contributed by atoms with Crippen molar-refractivity contribution >= 4 is 5.97 Å². The number of nitrogens with one attached hydrogen (secondary N) is 1.